The number of ether oxygens (including phenoxy) is 1. The number of nitrogens with one attached hydrogen (secondary N) is 1. The summed E-state index contributed by atoms with van der Waals surface area (Å²) < 4.78 is 6.87. The Bertz CT molecular complexity index is 799. The monoisotopic (exact) mass is 254 g/mol. The summed E-state index contributed by atoms with van der Waals surface area (Å²) in [6.07, 6.45) is 0. The van der Waals surface area contributed by atoms with Crippen molar-refractivity contribution < 1.29 is 4.74 Å². The Morgan fingerprint density at radius 3 is 2.74 bits per heavy atom. The minimum atomic E-state index is -0.145. The fourth-order valence-electron chi connectivity index (χ4n) is 2.23. The zero-order valence-corrected chi connectivity index (χ0v) is 10.8. The normalized spacial score (nSPS) is 10.8. The van der Waals surface area contributed by atoms with Gasteiger partial charge in [0.1, 0.15) is 5.75 Å². The average Bonchev–Trinajstić information content (AvgIpc) is 2.73. The van der Waals surface area contributed by atoms with Crippen LogP contribution in [0.4, 0.5) is 0 Å². The first kappa shape index (κ1) is 11.6. The van der Waals surface area contributed by atoms with E-state index in [0.29, 0.717) is 0 Å². The summed E-state index contributed by atoms with van der Waals surface area (Å²) in [6, 6.07) is 13.4. The lowest BCUT2D eigenvalue weighted by Crippen LogP contribution is -2.14. The largest absolute Gasteiger partial charge is 0.497 e. The lowest BCUT2D eigenvalue weighted by molar-refractivity contribution is 0.415. The molecule has 19 heavy (non-hydrogen) atoms. The van der Waals surface area contributed by atoms with Gasteiger partial charge in [0.05, 0.1) is 23.8 Å². The molecule has 0 unspecified atom stereocenters. The van der Waals surface area contributed by atoms with Gasteiger partial charge < -0.3 is 9.72 Å². The van der Waals surface area contributed by atoms with Crippen molar-refractivity contribution in [2.75, 3.05) is 7.11 Å². The third-order valence-corrected chi connectivity index (χ3v) is 3.15. The van der Waals surface area contributed by atoms with Crippen LogP contribution in [0.1, 0.15) is 5.56 Å². The lowest BCUT2D eigenvalue weighted by Gasteiger charge is -2.05. The Hall–Kier alpha value is -2.49. The Morgan fingerprint density at radius 2 is 2.00 bits per heavy atom. The molecule has 1 N–H and O–H groups in total. The van der Waals surface area contributed by atoms with E-state index in [1.54, 1.807) is 11.7 Å². The van der Waals surface area contributed by atoms with Gasteiger partial charge in [0.2, 0.25) is 0 Å². The molecular formula is C15H14N2O2. The smallest absolute Gasteiger partial charge is 0.331 e. The molecule has 0 saturated heterocycles. The maximum Gasteiger partial charge on any atom is 0.331 e. The van der Waals surface area contributed by atoms with Crippen LogP contribution in [0.3, 0.4) is 0 Å². The van der Waals surface area contributed by atoms with Crippen LogP contribution in [0.25, 0.3) is 16.7 Å². The van der Waals surface area contributed by atoms with E-state index in [0.717, 1.165) is 28.0 Å². The highest BCUT2D eigenvalue weighted by molar-refractivity contribution is 5.79. The maximum atomic E-state index is 12.1. The van der Waals surface area contributed by atoms with Crippen molar-refractivity contribution in [3.05, 3.63) is 58.5 Å². The second-order valence-electron chi connectivity index (χ2n) is 4.49. The molecule has 0 spiro atoms. The molecule has 3 rings (SSSR count). The number of H-pyrrole nitrogens is 1. The van der Waals surface area contributed by atoms with Crippen LogP contribution in [0.5, 0.6) is 5.75 Å². The quantitative estimate of drug-likeness (QED) is 0.764. The number of aromatic nitrogens is 2. The van der Waals surface area contributed by atoms with Crippen LogP contribution in [-0.4, -0.2) is 16.7 Å². The molecule has 0 bridgehead atoms. The lowest BCUT2D eigenvalue weighted by atomic mass is 10.2. The summed E-state index contributed by atoms with van der Waals surface area (Å²) in [4.78, 5) is 15.0. The fraction of sp³-hybridized carbons (Fsp3) is 0.133. The fourth-order valence-corrected chi connectivity index (χ4v) is 2.23. The van der Waals surface area contributed by atoms with Gasteiger partial charge in [-0.25, -0.2) is 4.79 Å². The molecule has 0 aliphatic heterocycles. The van der Waals surface area contributed by atoms with Gasteiger partial charge in [0, 0.05) is 6.07 Å². The van der Waals surface area contributed by atoms with Gasteiger partial charge >= 0.3 is 5.69 Å². The Kier molecular flexibility index (Phi) is 2.63. The molecule has 96 valence electrons. The Morgan fingerprint density at radius 1 is 1.16 bits per heavy atom. The second-order valence-corrected chi connectivity index (χ2v) is 4.49. The number of aromatic amines is 1. The molecule has 0 radical (unpaired) electrons. The van der Waals surface area contributed by atoms with Gasteiger partial charge in [0.25, 0.3) is 0 Å². The van der Waals surface area contributed by atoms with Gasteiger partial charge in [-0.2, -0.15) is 0 Å². The first-order chi connectivity index (χ1) is 9.19. The van der Waals surface area contributed by atoms with E-state index < -0.39 is 0 Å². The van der Waals surface area contributed by atoms with E-state index in [-0.39, 0.29) is 5.69 Å². The molecule has 0 amide bonds. The molecular weight excluding hydrogens is 240 g/mol. The number of aryl methyl sites for hydroxylation is 1. The number of rotatable bonds is 2. The Balaban J connectivity index is 2.33. The van der Waals surface area contributed by atoms with E-state index in [4.69, 9.17) is 4.74 Å². The van der Waals surface area contributed by atoms with Crippen LogP contribution in [0, 0.1) is 6.92 Å². The SMILES string of the molecule is COc1ccc2[nH]c(=O)n(-c3cccc(C)c3)c2c1. The first-order valence-electron chi connectivity index (χ1n) is 6.05. The van der Waals surface area contributed by atoms with Crippen molar-refractivity contribution in [2.24, 2.45) is 0 Å². The Labute approximate surface area is 110 Å². The van der Waals surface area contributed by atoms with Crippen LogP contribution >= 0.6 is 0 Å². The number of fused-ring (bicyclic) bond motifs is 1. The summed E-state index contributed by atoms with van der Waals surface area (Å²) in [6.45, 7) is 2.00. The number of benzene rings is 2. The maximum absolute atomic E-state index is 12.1. The number of hydrogen-bond donors (Lipinski definition) is 1. The van der Waals surface area contributed by atoms with Crippen molar-refractivity contribution in [3.8, 4) is 11.4 Å². The van der Waals surface area contributed by atoms with Gasteiger partial charge in [0.15, 0.2) is 0 Å². The van der Waals surface area contributed by atoms with Gasteiger partial charge in [-0.1, -0.05) is 12.1 Å². The minimum absolute atomic E-state index is 0.145. The van der Waals surface area contributed by atoms with Crippen molar-refractivity contribution in [3.63, 3.8) is 0 Å². The highest BCUT2D eigenvalue weighted by Gasteiger charge is 2.09. The van der Waals surface area contributed by atoms with E-state index in [1.807, 2.05) is 49.4 Å². The summed E-state index contributed by atoms with van der Waals surface area (Å²) in [5, 5.41) is 0. The summed E-state index contributed by atoms with van der Waals surface area (Å²) in [7, 11) is 1.61. The van der Waals surface area contributed by atoms with Crippen molar-refractivity contribution >= 4 is 11.0 Å². The third-order valence-electron chi connectivity index (χ3n) is 3.15. The van der Waals surface area contributed by atoms with Crippen molar-refractivity contribution in [1.82, 2.24) is 9.55 Å². The number of nitrogens with zero attached hydrogens (tertiary/aromatic N) is 1. The molecule has 0 aliphatic carbocycles. The number of hydrogen-bond acceptors (Lipinski definition) is 2. The molecule has 2 aromatic carbocycles. The van der Waals surface area contributed by atoms with E-state index >= 15 is 0 Å². The van der Waals surface area contributed by atoms with Crippen LogP contribution in [0.15, 0.2) is 47.3 Å². The summed E-state index contributed by atoms with van der Waals surface area (Å²) >= 11 is 0. The summed E-state index contributed by atoms with van der Waals surface area (Å²) in [5.74, 6) is 0.730. The zero-order chi connectivity index (χ0) is 13.4. The molecule has 0 atom stereocenters. The van der Waals surface area contributed by atoms with Gasteiger partial charge in [-0.3, -0.25) is 4.57 Å². The highest BCUT2D eigenvalue weighted by Crippen LogP contribution is 2.21. The number of imidazole rings is 1. The predicted octanol–water partition coefficient (Wildman–Crippen LogP) is 2.64. The molecule has 3 aromatic rings. The van der Waals surface area contributed by atoms with Crippen molar-refractivity contribution in [1.29, 1.82) is 0 Å². The van der Waals surface area contributed by atoms with Crippen molar-refractivity contribution in [2.45, 2.75) is 6.92 Å². The van der Waals surface area contributed by atoms with E-state index in [1.165, 1.54) is 0 Å². The molecule has 1 aromatic heterocycles. The standard InChI is InChI=1S/C15H14N2O2/c1-10-4-3-5-11(8-10)17-14-9-12(19-2)6-7-13(14)16-15(17)18/h3-9H,1-2H3,(H,16,18). The van der Waals surface area contributed by atoms with Gasteiger partial charge in [-0.15, -0.1) is 0 Å². The third kappa shape index (κ3) is 1.91. The minimum Gasteiger partial charge on any atom is -0.497 e. The van der Waals surface area contributed by atoms with E-state index in [2.05, 4.69) is 4.98 Å². The molecule has 0 saturated carbocycles. The average molecular weight is 254 g/mol. The highest BCUT2D eigenvalue weighted by atomic mass is 16.5. The van der Waals surface area contributed by atoms with Crippen LogP contribution in [0.2, 0.25) is 0 Å². The van der Waals surface area contributed by atoms with Gasteiger partial charge in [-0.05, 0) is 36.8 Å². The molecule has 0 aliphatic rings. The second kappa shape index (κ2) is 4.31. The zero-order valence-electron chi connectivity index (χ0n) is 10.8. The molecule has 4 nitrogen and oxygen atoms in total. The topological polar surface area (TPSA) is 47.0 Å². The molecule has 4 heteroatoms. The predicted molar refractivity (Wildman–Crippen MR) is 75.2 cm³/mol. The van der Waals surface area contributed by atoms with Crippen LogP contribution < -0.4 is 10.4 Å². The molecule has 1 heterocycles. The van der Waals surface area contributed by atoms with E-state index in [9.17, 15) is 4.79 Å². The first-order valence-corrected chi connectivity index (χ1v) is 6.05. The number of methoxy groups -OCH3 is 1. The summed E-state index contributed by atoms with van der Waals surface area (Å²) in [5.41, 5.74) is 3.43. The molecule has 0 fully saturated rings. The van der Waals surface area contributed by atoms with Crippen LogP contribution in [-0.2, 0) is 0 Å².